The number of benzene rings is 1. The van der Waals surface area contributed by atoms with Gasteiger partial charge in [-0.3, -0.25) is 0 Å². The SMILES string of the molecule is Cc1ccc2ncnc(N3CC[NH+](C)CC3)c2c1. The quantitative estimate of drug-likeness (QED) is 0.781. The topological polar surface area (TPSA) is 33.5 Å². The predicted molar refractivity (Wildman–Crippen MR) is 73.1 cm³/mol. The van der Waals surface area contributed by atoms with Crippen molar-refractivity contribution in [1.29, 1.82) is 0 Å². The van der Waals surface area contributed by atoms with Gasteiger partial charge in [0.05, 0.1) is 38.7 Å². The van der Waals surface area contributed by atoms with Gasteiger partial charge < -0.3 is 9.80 Å². The van der Waals surface area contributed by atoms with Crippen molar-refractivity contribution in [2.45, 2.75) is 6.92 Å². The Balaban J connectivity index is 2.03. The van der Waals surface area contributed by atoms with E-state index in [-0.39, 0.29) is 0 Å². The highest BCUT2D eigenvalue weighted by atomic mass is 15.3. The number of rotatable bonds is 1. The van der Waals surface area contributed by atoms with E-state index in [1.165, 1.54) is 24.0 Å². The Labute approximate surface area is 107 Å². The molecule has 0 amide bonds. The fourth-order valence-corrected chi connectivity index (χ4v) is 2.51. The zero-order chi connectivity index (χ0) is 12.5. The Morgan fingerprint density at radius 1 is 1.17 bits per heavy atom. The van der Waals surface area contributed by atoms with Gasteiger partial charge in [-0.2, -0.15) is 0 Å². The number of hydrogen-bond donors (Lipinski definition) is 1. The summed E-state index contributed by atoms with van der Waals surface area (Å²) in [6, 6.07) is 6.38. The van der Waals surface area contributed by atoms with E-state index < -0.39 is 0 Å². The first-order valence-corrected chi connectivity index (χ1v) is 6.51. The van der Waals surface area contributed by atoms with Crippen LogP contribution in [0, 0.1) is 6.92 Å². The molecule has 0 aliphatic carbocycles. The Hall–Kier alpha value is -1.68. The highest BCUT2D eigenvalue weighted by molar-refractivity contribution is 5.89. The second-order valence-electron chi connectivity index (χ2n) is 5.16. The fraction of sp³-hybridized carbons (Fsp3) is 0.429. The minimum Gasteiger partial charge on any atom is -0.345 e. The van der Waals surface area contributed by atoms with Gasteiger partial charge in [-0.15, -0.1) is 0 Å². The maximum absolute atomic E-state index is 4.50. The molecule has 1 N–H and O–H groups in total. The minimum absolute atomic E-state index is 1.04. The third-order valence-corrected chi connectivity index (χ3v) is 3.69. The Bertz CT molecular complexity index is 559. The van der Waals surface area contributed by atoms with Crippen LogP contribution in [0.2, 0.25) is 0 Å². The predicted octanol–water partition coefficient (Wildman–Crippen LogP) is 0.273. The molecule has 1 aromatic heterocycles. The highest BCUT2D eigenvalue weighted by Crippen LogP contribution is 2.23. The molecule has 0 spiro atoms. The molecule has 0 unspecified atom stereocenters. The molecule has 0 radical (unpaired) electrons. The molecule has 3 rings (SSSR count). The fourth-order valence-electron chi connectivity index (χ4n) is 2.51. The van der Waals surface area contributed by atoms with Crippen molar-refractivity contribution in [3.8, 4) is 0 Å². The van der Waals surface area contributed by atoms with E-state index in [1.807, 2.05) is 0 Å². The van der Waals surface area contributed by atoms with Gasteiger partial charge in [-0.25, -0.2) is 9.97 Å². The van der Waals surface area contributed by atoms with Crippen LogP contribution in [0.3, 0.4) is 0 Å². The molecule has 0 saturated carbocycles. The summed E-state index contributed by atoms with van der Waals surface area (Å²) in [4.78, 5) is 12.8. The lowest BCUT2D eigenvalue weighted by Crippen LogP contribution is -3.12. The molecule has 4 nitrogen and oxygen atoms in total. The summed E-state index contributed by atoms with van der Waals surface area (Å²) in [5.74, 6) is 1.09. The van der Waals surface area contributed by atoms with Crippen LogP contribution in [-0.2, 0) is 0 Å². The van der Waals surface area contributed by atoms with Crippen LogP contribution in [0.5, 0.6) is 0 Å². The number of nitrogens with one attached hydrogen (secondary N) is 1. The molecule has 0 bridgehead atoms. The Kier molecular flexibility index (Phi) is 2.88. The van der Waals surface area contributed by atoms with Crippen molar-refractivity contribution in [2.24, 2.45) is 0 Å². The van der Waals surface area contributed by atoms with Crippen LogP contribution in [-0.4, -0.2) is 43.2 Å². The van der Waals surface area contributed by atoms with Gasteiger partial charge in [0.1, 0.15) is 12.1 Å². The molecule has 1 aromatic carbocycles. The molecule has 2 aromatic rings. The van der Waals surface area contributed by atoms with Crippen molar-refractivity contribution in [2.75, 3.05) is 38.1 Å². The van der Waals surface area contributed by atoms with Crippen molar-refractivity contribution in [1.82, 2.24) is 9.97 Å². The molecule has 1 saturated heterocycles. The Morgan fingerprint density at radius 2 is 1.94 bits per heavy atom. The van der Waals surface area contributed by atoms with Gasteiger partial charge in [0, 0.05) is 5.39 Å². The lowest BCUT2D eigenvalue weighted by molar-refractivity contribution is -0.880. The molecule has 1 aliphatic rings. The lowest BCUT2D eigenvalue weighted by atomic mass is 10.1. The molecular weight excluding hydrogens is 224 g/mol. The zero-order valence-electron chi connectivity index (χ0n) is 11.0. The van der Waals surface area contributed by atoms with Crippen LogP contribution in [0.4, 0.5) is 5.82 Å². The summed E-state index contributed by atoms with van der Waals surface area (Å²) in [5.41, 5.74) is 2.30. The summed E-state index contributed by atoms with van der Waals surface area (Å²) in [6.45, 7) is 6.62. The van der Waals surface area contributed by atoms with E-state index in [1.54, 1.807) is 11.2 Å². The summed E-state index contributed by atoms with van der Waals surface area (Å²) < 4.78 is 0. The first-order chi connectivity index (χ1) is 8.74. The van der Waals surface area contributed by atoms with Crippen molar-refractivity contribution in [3.05, 3.63) is 30.1 Å². The van der Waals surface area contributed by atoms with E-state index in [9.17, 15) is 0 Å². The largest absolute Gasteiger partial charge is 0.345 e. The van der Waals surface area contributed by atoms with E-state index >= 15 is 0 Å². The average Bonchev–Trinajstić information content (AvgIpc) is 2.39. The van der Waals surface area contributed by atoms with Crippen LogP contribution < -0.4 is 9.80 Å². The summed E-state index contributed by atoms with van der Waals surface area (Å²) in [7, 11) is 2.25. The average molecular weight is 243 g/mol. The van der Waals surface area contributed by atoms with Crippen LogP contribution in [0.15, 0.2) is 24.5 Å². The third-order valence-electron chi connectivity index (χ3n) is 3.69. The normalized spacial score (nSPS) is 17.3. The maximum atomic E-state index is 4.50. The smallest absolute Gasteiger partial charge is 0.140 e. The third kappa shape index (κ3) is 2.04. The van der Waals surface area contributed by atoms with Crippen molar-refractivity contribution < 1.29 is 4.90 Å². The summed E-state index contributed by atoms with van der Waals surface area (Å²) >= 11 is 0. The number of aromatic nitrogens is 2. The number of nitrogens with zero attached hydrogens (tertiary/aromatic N) is 3. The number of hydrogen-bond acceptors (Lipinski definition) is 3. The number of piperazine rings is 1. The van der Waals surface area contributed by atoms with E-state index in [4.69, 9.17) is 0 Å². The number of aryl methyl sites for hydroxylation is 1. The van der Waals surface area contributed by atoms with Gasteiger partial charge in [-0.1, -0.05) is 11.6 Å². The number of fused-ring (bicyclic) bond motifs is 1. The van der Waals surface area contributed by atoms with Gasteiger partial charge >= 0.3 is 0 Å². The molecule has 18 heavy (non-hydrogen) atoms. The molecule has 4 heteroatoms. The summed E-state index contributed by atoms with van der Waals surface area (Å²) in [5, 5.41) is 1.18. The molecular formula is C14H19N4+. The minimum atomic E-state index is 1.04. The second kappa shape index (κ2) is 4.53. The molecule has 2 heterocycles. The van der Waals surface area contributed by atoms with Crippen molar-refractivity contribution >= 4 is 16.7 Å². The van der Waals surface area contributed by atoms with Gasteiger partial charge in [0.15, 0.2) is 0 Å². The molecule has 0 atom stereocenters. The van der Waals surface area contributed by atoms with Crippen LogP contribution in [0.25, 0.3) is 10.9 Å². The second-order valence-corrected chi connectivity index (χ2v) is 5.16. The van der Waals surface area contributed by atoms with E-state index in [0.29, 0.717) is 0 Å². The molecule has 94 valence electrons. The molecule has 1 aliphatic heterocycles. The van der Waals surface area contributed by atoms with Gasteiger partial charge in [0.2, 0.25) is 0 Å². The van der Waals surface area contributed by atoms with E-state index in [0.717, 1.165) is 24.4 Å². The number of anilines is 1. The number of likely N-dealkylation sites (N-methyl/N-ethyl adjacent to an activating group) is 1. The monoisotopic (exact) mass is 243 g/mol. The first kappa shape index (κ1) is 11.4. The standard InChI is InChI=1S/C14H18N4/c1-11-3-4-13-12(9-11)14(16-10-15-13)18-7-5-17(2)6-8-18/h3-4,9-10H,5-8H2,1-2H3/p+1. The highest BCUT2D eigenvalue weighted by Gasteiger charge is 2.19. The van der Waals surface area contributed by atoms with Gasteiger partial charge in [-0.05, 0) is 19.1 Å². The van der Waals surface area contributed by atoms with Crippen LogP contribution >= 0.6 is 0 Å². The molecule has 1 fully saturated rings. The first-order valence-electron chi connectivity index (χ1n) is 6.51. The number of quaternary nitrogens is 1. The maximum Gasteiger partial charge on any atom is 0.140 e. The zero-order valence-corrected chi connectivity index (χ0v) is 11.0. The van der Waals surface area contributed by atoms with Gasteiger partial charge in [0.25, 0.3) is 0 Å². The van der Waals surface area contributed by atoms with E-state index in [2.05, 4.69) is 47.0 Å². The Morgan fingerprint density at radius 3 is 2.72 bits per heavy atom. The lowest BCUT2D eigenvalue weighted by Gasteiger charge is -2.31. The summed E-state index contributed by atoms with van der Waals surface area (Å²) in [6.07, 6.45) is 1.68. The van der Waals surface area contributed by atoms with Crippen LogP contribution in [0.1, 0.15) is 5.56 Å². The van der Waals surface area contributed by atoms with Crippen molar-refractivity contribution in [3.63, 3.8) is 0 Å².